The van der Waals surface area contributed by atoms with Crippen molar-refractivity contribution in [2.45, 2.75) is 110 Å². The number of nitrogens with two attached hydrogens (primary N) is 1. The smallest absolute Gasteiger partial charge is 0.312 e. The van der Waals surface area contributed by atoms with Gasteiger partial charge in [-0.2, -0.15) is 0 Å². The molecule has 0 bridgehead atoms. The predicted octanol–water partition coefficient (Wildman–Crippen LogP) is 5.58. The molecule has 5 aromatic carbocycles. The molecular weight excluding hydrogens is 1170 g/mol. The molecule has 5 aliphatic rings. The van der Waals surface area contributed by atoms with Crippen molar-refractivity contribution in [1.29, 1.82) is 0 Å². The average molecular weight is 1240 g/mol. The van der Waals surface area contributed by atoms with Crippen molar-refractivity contribution in [1.82, 2.24) is 36.0 Å². The minimum absolute atomic E-state index is 0.0276. The number of urea groups is 1. The van der Waals surface area contributed by atoms with E-state index in [1.54, 1.807) is 56.5 Å². The first kappa shape index (κ1) is 63.8. The summed E-state index contributed by atoms with van der Waals surface area (Å²) in [5.41, 5.74) is 13.7. The van der Waals surface area contributed by atoms with E-state index in [9.17, 15) is 43.2 Å². The van der Waals surface area contributed by atoms with Crippen LogP contribution in [0, 0.1) is 12.8 Å². The summed E-state index contributed by atoms with van der Waals surface area (Å²) >= 11 is 0. The molecule has 7 N–H and O–H groups in total. The largest absolute Gasteiger partial charge is 0.493 e. The molecule has 0 unspecified atom stereocenters. The predicted molar refractivity (Wildman–Crippen MR) is 336 cm³/mol. The third kappa shape index (κ3) is 15.6. The topological polar surface area (TPSA) is 311 Å². The quantitative estimate of drug-likeness (QED) is 0.0292. The molecular formula is C67H73N11O13. The second kappa shape index (κ2) is 28.9. The van der Waals surface area contributed by atoms with Crippen molar-refractivity contribution >= 4 is 82.8 Å². The molecule has 0 spiro atoms. The number of imide groups is 1. The number of primary amides is 1. The normalized spacial score (nSPS) is 16.6. The van der Waals surface area contributed by atoms with Gasteiger partial charge in [-0.1, -0.05) is 62.4 Å². The number of hydrogen-bond acceptors (Lipinski definition) is 15. The van der Waals surface area contributed by atoms with Crippen LogP contribution >= 0.6 is 0 Å². The Bertz CT molecular complexity index is 3750. The van der Waals surface area contributed by atoms with Crippen molar-refractivity contribution in [2.24, 2.45) is 21.6 Å². The number of rotatable bonds is 26. The zero-order valence-electron chi connectivity index (χ0n) is 51.1. The zero-order valence-corrected chi connectivity index (χ0v) is 51.1. The highest BCUT2D eigenvalue weighted by Crippen LogP contribution is 2.40. The highest BCUT2D eigenvalue weighted by Gasteiger charge is 2.36. The van der Waals surface area contributed by atoms with E-state index in [4.69, 9.17) is 34.7 Å². The number of anilines is 1. The summed E-state index contributed by atoms with van der Waals surface area (Å²) in [6.45, 7) is 6.25. The van der Waals surface area contributed by atoms with Gasteiger partial charge in [0.15, 0.2) is 11.5 Å². The lowest BCUT2D eigenvalue weighted by Gasteiger charge is -2.34. The fraction of sp³-hybridized carbons (Fsp3) is 0.358. The Morgan fingerprint density at radius 2 is 1.23 bits per heavy atom. The van der Waals surface area contributed by atoms with Crippen LogP contribution in [0.5, 0.6) is 17.2 Å². The van der Waals surface area contributed by atoms with Crippen LogP contribution in [0.15, 0.2) is 113 Å². The number of nitrogens with zero attached hydrogens (tertiary/aromatic N) is 5. The Morgan fingerprint density at radius 3 is 1.82 bits per heavy atom. The van der Waals surface area contributed by atoms with Gasteiger partial charge in [-0.05, 0) is 108 Å². The number of aryl methyl sites for hydroxylation is 1. The van der Waals surface area contributed by atoms with E-state index in [0.29, 0.717) is 88.1 Å². The van der Waals surface area contributed by atoms with Crippen LogP contribution in [0.25, 0.3) is 0 Å². The van der Waals surface area contributed by atoms with Crippen molar-refractivity contribution in [3.05, 3.63) is 153 Å². The number of benzene rings is 5. The highest BCUT2D eigenvalue weighted by molar-refractivity contribution is 6.13. The number of carbonyl (C=O) groups excluding carboxylic acids is 9. The average Bonchev–Trinajstić information content (AvgIpc) is 1.79. The maximum absolute atomic E-state index is 14.6. The Hall–Kier alpha value is -10.2. The van der Waals surface area contributed by atoms with Crippen LogP contribution in [0.3, 0.4) is 0 Å². The summed E-state index contributed by atoms with van der Waals surface area (Å²) in [6, 6.07) is 24.7. The van der Waals surface area contributed by atoms with Crippen LogP contribution < -0.4 is 46.5 Å². The van der Waals surface area contributed by atoms with E-state index in [1.165, 1.54) is 12.7 Å². The standard InChI is InChI=1S/C67H73N11O13/c1-39(2)62(75-59(80)18-22-89-23-20-69-58(79)17-21-76-60(81)15-16-61(76)82)64(84)74-52(14-9-19-70-67(68)87)63(83)73-47-26-41(37-90-55-31-53-50(24-40(55)3)65(85)77-35-45-12-7-5-10-43(45)28-48(77)33-71-53)25-42(27-47)38-91-57-32-54-51(30-56(57)88-4)66(86)78-36-46-13-8-6-11-44(46)29-49(78)34-72-54/h5-8,10-13,15-16,24-27,30-34,39,48-49,52,62H,9,14,17-23,28-29,35-38H2,1-4H3,(H,69,79)(H,73,83)(H,74,84)(H,75,80)(H3,68,70,87)/t48-,49-,52-,62-/m0/s1. The lowest BCUT2D eigenvalue weighted by molar-refractivity contribution is -0.137. The molecule has 10 rings (SSSR count). The molecule has 10 amide bonds. The van der Waals surface area contributed by atoms with Gasteiger partial charge in [0.2, 0.25) is 23.6 Å². The Kier molecular flexibility index (Phi) is 20.3. The summed E-state index contributed by atoms with van der Waals surface area (Å²) in [4.78, 5) is 132. The lowest BCUT2D eigenvalue weighted by atomic mass is 9.94. The number of fused-ring (bicyclic) bond motifs is 6. The molecule has 0 aromatic heterocycles. The maximum Gasteiger partial charge on any atom is 0.312 e. The van der Waals surface area contributed by atoms with E-state index in [-0.39, 0.29) is 95.6 Å². The number of aliphatic imine (C=N–C) groups is 2. The van der Waals surface area contributed by atoms with Crippen LogP contribution in [0.1, 0.15) is 99.2 Å². The van der Waals surface area contributed by atoms with Crippen molar-refractivity contribution in [3.8, 4) is 17.2 Å². The lowest BCUT2D eigenvalue weighted by Crippen LogP contribution is -2.54. The first-order valence-electron chi connectivity index (χ1n) is 30.3. The van der Waals surface area contributed by atoms with E-state index < -0.39 is 59.5 Å². The van der Waals surface area contributed by atoms with Crippen LogP contribution in [-0.2, 0) is 72.6 Å². The molecule has 5 aromatic rings. The molecule has 0 saturated carbocycles. The Labute approximate surface area is 526 Å². The molecule has 0 radical (unpaired) electrons. The minimum atomic E-state index is -1.20. The van der Waals surface area contributed by atoms with E-state index >= 15 is 0 Å². The molecule has 4 atom stereocenters. The number of methoxy groups -OCH3 is 1. The summed E-state index contributed by atoms with van der Waals surface area (Å²) in [6.07, 6.45) is 7.17. The zero-order chi connectivity index (χ0) is 64.3. The number of amides is 10. The third-order valence-corrected chi connectivity index (χ3v) is 16.4. The van der Waals surface area contributed by atoms with E-state index in [2.05, 4.69) is 38.7 Å². The molecule has 0 saturated heterocycles. The van der Waals surface area contributed by atoms with Crippen molar-refractivity contribution < 1.29 is 62.1 Å². The molecule has 24 heteroatoms. The second-order valence-corrected chi connectivity index (χ2v) is 23.2. The summed E-state index contributed by atoms with van der Waals surface area (Å²) in [5, 5.41) is 13.7. The van der Waals surface area contributed by atoms with Crippen molar-refractivity contribution in [2.75, 3.05) is 45.3 Å². The van der Waals surface area contributed by atoms with Crippen molar-refractivity contribution in [3.63, 3.8) is 0 Å². The van der Waals surface area contributed by atoms with Gasteiger partial charge in [0.05, 0.1) is 54.9 Å². The van der Waals surface area contributed by atoms with E-state index in [1.807, 2.05) is 65.4 Å². The second-order valence-electron chi connectivity index (χ2n) is 23.2. The number of nitrogens with one attached hydrogen (secondary N) is 5. The Balaban J connectivity index is 0.845. The number of carbonyl (C=O) groups is 9. The molecule has 91 heavy (non-hydrogen) atoms. The maximum atomic E-state index is 14.6. The van der Waals surface area contributed by atoms with Gasteiger partial charge in [0, 0.05) is 88.0 Å². The highest BCUT2D eigenvalue weighted by atomic mass is 16.5. The van der Waals surface area contributed by atoms with Crippen LogP contribution in [0.2, 0.25) is 0 Å². The van der Waals surface area contributed by atoms with E-state index in [0.717, 1.165) is 33.7 Å². The number of ether oxygens (including phenoxy) is 4. The molecule has 474 valence electrons. The SMILES string of the molecule is COc1cc2c(cc1OCc1cc(COc3cc4c(cc3C)C(=O)N3Cc5ccccc5C[C@H]3C=N4)cc(NC(=O)[C@H](CCCNC(N)=O)NC(=O)[C@@H](NC(=O)CCOCCNC(=O)CCN3C(=O)C=CC3=O)C(C)C)c1)N=C[C@@H]1Cc3ccccc3CN1C2=O. The first-order valence-corrected chi connectivity index (χ1v) is 30.3. The van der Waals surface area contributed by atoms with Gasteiger partial charge in [0.25, 0.3) is 23.6 Å². The minimum Gasteiger partial charge on any atom is -0.493 e. The Morgan fingerprint density at radius 1 is 0.648 bits per heavy atom. The molecule has 24 nitrogen and oxygen atoms in total. The van der Waals surface area contributed by atoms with Gasteiger partial charge < -0.3 is 61.1 Å². The van der Waals surface area contributed by atoms with Gasteiger partial charge in [0.1, 0.15) is 31.0 Å². The summed E-state index contributed by atoms with van der Waals surface area (Å²) in [5.74, 6) is -2.84. The fourth-order valence-corrected chi connectivity index (χ4v) is 11.5. The summed E-state index contributed by atoms with van der Waals surface area (Å²) in [7, 11) is 1.48. The molecule has 5 aliphatic heterocycles. The molecule has 5 heterocycles. The number of hydrogen-bond donors (Lipinski definition) is 6. The van der Waals surface area contributed by atoms with Gasteiger partial charge >= 0.3 is 6.03 Å². The third-order valence-electron chi connectivity index (χ3n) is 16.4. The van der Waals surface area contributed by atoms with Crippen LogP contribution in [0.4, 0.5) is 21.9 Å². The van der Waals surface area contributed by atoms with Gasteiger partial charge in [-0.25, -0.2) is 4.79 Å². The van der Waals surface area contributed by atoms with Crippen LogP contribution in [-0.4, -0.2) is 145 Å². The van der Waals surface area contributed by atoms with Gasteiger partial charge in [-0.3, -0.25) is 53.2 Å². The van der Waals surface area contributed by atoms with Gasteiger partial charge in [-0.15, -0.1) is 0 Å². The summed E-state index contributed by atoms with van der Waals surface area (Å²) < 4.78 is 24.4. The fourth-order valence-electron chi connectivity index (χ4n) is 11.5. The molecule has 0 aliphatic carbocycles. The monoisotopic (exact) mass is 1240 g/mol. The first-order chi connectivity index (χ1) is 43.9. The molecule has 0 fully saturated rings.